The van der Waals surface area contributed by atoms with Crippen LogP contribution in [-0.2, 0) is 29.1 Å². The van der Waals surface area contributed by atoms with Gasteiger partial charge in [0.15, 0.2) is 10.8 Å². The van der Waals surface area contributed by atoms with Gasteiger partial charge in [-0.3, -0.25) is 19.7 Å². The van der Waals surface area contributed by atoms with Crippen LogP contribution in [0.5, 0.6) is 0 Å². The highest BCUT2D eigenvalue weighted by molar-refractivity contribution is 7.89. The van der Waals surface area contributed by atoms with E-state index in [1.165, 1.54) is 12.1 Å². The zero-order valence-corrected chi connectivity index (χ0v) is 16.2. The monoisotopic (exact) mass is 402 g/mol. The second-order valence-electron chi connectivity index (χ2n) is 6.52. The maximum absolute atomic E-state index is 12.3. The molecule has 0 aliphatic rings. The van der Waals surface area contributed by atoms with Crippen LogP contribution in [0.15, 0.2) is 29.2 Å². The topological polar surface area (TPSA) is 142 Å². The molecule has 0 radical (unpaired) electrons. The summed E-state index contributed by atoms with van der Waals surface area (Å²) in [6.45, 7) is 4.54. The summed E-state index contributed by atoms with van der Waals surface area (Å²) < 4.78 is 36.5. The number of nitro benzene ring substituents is 1. The number of esters is 2. The molecule has 150 valence electrons. The molecule has 0 spiro atoms. The average molecular weight is 402 g/mol. The molecule has 0 amide bonds. The van der Waals surface area contributed by atoms with E-state index in [0.717, 1.165) is 19.2 Å². The highest BCUT2D eigenvalue weighted by Gasteiger charge is 2.33. The Morgan fingerprint density at radius 3 is 2.33 bits per heavy atom. The molecule has 27 heavy (non-hydrogen) atoms. The van der Waals surface area contributed by atoms with Crippen LogP contribution in [0.2, 0.25) is 0 Å². The Bertz CT molecular complexity index is 814. The van der Waals surface area contributed by atoms with Crippen molar-refractivity contribution in [3.63, 3.8) is 0 Å². The molecule has 10 nitrogen and oxygen atoms in total. The van der Waals surface area contributed by atoms with E-state index in [1.807, 2.05) is 0 Å². The first-order valence-corrected chi connectivity index (χ1v) is 9.41. The minimum absolute atomic E-state index is 0.235. The van der Waals surface area contributed by atoms with E-state index in [2.05, 4.69) is 9.46 Å². The van der Waals surface area contributed by atoms with Crippen molar-refractivity contribution in [1.29, 1.82) is 0 Å². The first-order chi connectivity index (χ1) is 12.4. The summed E-state index contributed by atoms with van der Waals surface area (Å²) in [7, 11) is -3.13. The second kappa shape index (κ2) is 8.91. The lowest BCUT2D eigenvalue weighted by atomic mass is 10.1. The molecule has 1 aromatic carbocycles. The van der Waals surface area contributed by atoms with E-state index in [9.17, 15) is 28.1 Å². The van der Waals surface area contributed by atoms with Crippen molar-refractivity contribution in [3.05, 3.63) is 34.4 Å². The molecule has 0 bridgehead atoms. The van der Waals surface area contributed by atoms with Gasteiger partial charge in [0.1, 0.15) is 5.60 Å². The van der Waals surface area contributed by atoms with Crippen molar-refractivity contribution in [3.8, 4) is 0 Å². The summed E-state index contributed by atoms with van der Waals surface area (Å²) in [5.41, 5.74) is -1.42. The van der Waals surface area contributed by atoms with Crippen molar-refractivity contribution in [2.24, 2.45) is 5.92 Å². The molecule has 1 unspecified atom stereocenters. The van der Waals surface area contributed by atoms with Crippen molar-refractivity contribution in [2.45, 2.75) is 37.7 Å². The standard InChI is InChI=1S/C16H22N2O8S/c1-16(2,3)26-15(20)11(14(19)25-4)9-10-17-27(23,24)13-8-6-5-7-12(13)18(21)22/h5-8,11,17H,9-10H2,1-4H3. The van der Waals surface area contributed by atoms with Crippen molar-refractivity contribution >= 4 is 27.6 Å². The number of benzene rings is 1. The molecule has 0 saturated heterocycles. The number of nitrogens with zero attached hydrogens (tertiary/aromatic N) is 1. The molecule has 0 fully saturated rings. The van der Waals surface area contributed by atoms with Crippen LogP contribution in [0.1, 0.15) is 27.2 Å². The lowest BCUT2D eigenvalue weighted by molar-refractivity contribution is -0.387. The normalized spacial score (nSPS) is 12.9. The van der Waals surface area contributed by atoms with Gasteiger partial charge in [0.2, 0.25) is 10.0 Å². The highest BCUT2D eigenvalue weighted by Crippen LogP contribution is 2.23. The average Bonchev–Trinajstić information content (AvgIpc) is 2.56. The highest BCUT2D eigenvalue weighted by atomic mass is 32.2. The van der Waals surface area contributed by atoms with E-state index < -0.39 is 49.0 Å². The molecular weight excluding hydrogens is 380 g/mol. The summed E-state index contributed by atoms with van der Waals surface area (Å²) >= 11 is 0. The van der Waals surface area contributed by atoms with Gasteiger partial charge in [0.25, 0.3) is 5.69 Å². The van der Waals surface area contributed by atoms with Gasteiger partial charge in [-0.15, -0.1) is 0 Å². The Hall–Kier alpha value is -2.53. The number of ether oxygens (including phenoxy) is 2. The fourth-order valence-corrected chi connectivity index (χ4v) is 3.32. The van der Waals surface area contributed by atoms with Gasteiger partial charge in [0.05, 0.1) is 12.0 Å². The minimum Gasteiger partial charge on any atom is -0.468 e. The lowest BCUT2D eigenvalue weighted by Gasteiger charge is -2.23. The number of methoxy groups -OCH3 is 1. The number of carbonyl (C=O) groups is 2. The fourth-order valence-electron chi connectivity index (χ4n) is 2.10. The van der Waals surface area contributed by atoms with Crippen LogP contribution in [0.25, 0.3) is 0 Å². The van der Waals surface area contributed by atoms with Crippen LogP contribution >= 0.6 is 0 Å². The van der Waals surface area contributed by atoms with Crippen LogP contribution < -0.4 is 4.72 Å². The Morgan fingerprint density at radius 1 is 1.22 bits per heavy atom. The maximum Gasteiger partial charge on any atom is 0.320 e. The van der Waals surface area contributed by atoms with E-state index in [1.54, 1.807) is 20.8 Å². The van der Waals surface area contributed by atoms with Crippen LogP contribution in [0, 0.1) is 16.0 Å². The molecule has 0 aliphatic heterocycles. The van der Waals surface area contributed by atoms with Gasteiger partial charge >= 0.3 is 11.9 Å². The minimum atomic E-state index is -4.22. The number of sulfonamides is 1. The quantitative estimate of drug-likeness (QED) is 0.297. The van der Waals surface area contributed by atoms with E-state index >= 15 is 0 Å². The predicted octanol–water partition coefficient (Wildman–Crippen LogP) is 1.39. The molecule has 0 aromatic heterocycles. The Balaban J connectivity index is 2.90. The van der Waals surface area contributed by atoms with Crippen LogP contribution in [-0.4, -0.2) is 44.5 Å². The maximum atomic E-state index is 12.3. The van der Waals surface area contributed by atoms with Gasteiger partial charge in [-0.25, -0.2) is 13.1 Å². The summed E-state index contributed by atoms with van der Waals surface area (Å²) in [4.78, 5) is 33.6. The third kappa shape index (κ3) is 6.61. The molecule has 0 saturated carbocycles. The van der Waals surface area contributed by atoms with Crippen LogP contribution in [0.4, 0.5) is 5.69 Å². The number of para-hydroxylation sites is 1. The van der Waals surface area contributed by atoms with E-state index in [-0.39, 0.29) is 13.0 Å². The summed E-state index contributed by atoms with van der Waals surface area (Å²) in [5.74, 6) is -3.05. The zero-order chi connectivity index (χ0) is 20.8. The Morgan fingerprint density at radius 2 is 1.81 bits per heavy atom. The largest absolute Gasteiger partial charge is 0.468 e. The molecule has 1 atom stereocenters. The summed E-state index contributed by atoms with van der Waals surface area (Å²) in [5, 5.41) is 11.0. The first-order valence-electron chi connectivity index (χ1n) is 7.93. The van der Waals surface area contributed by atoms with E-state index in [0.29, 0.717) is 0 Å². The van der Waals surface area contributed by atoms with Gasteiger partial charge in [-0.1, -0.05) is 12.1 Å². The number of nitro groups is 1. The molecule has 0 aliphatic carbocycles. The van der Waals surface area contributed by atoms with Gasteiger partial charge in [-0.05, 0) is 33.3 Å². The SMILES string of the molecule is COC(=O)C(CCNS(=O)(=O)c1ccccc1[N+](=O)[O-])C(=O)OC(C)(C)C. The van der Waals surface area contributed by atoms with Crippen LogP contribution in [0.3, 0.4) is 0 Å². The molecule has 1 aromatic rings. The zero-order valence-electron chi connectivity index (χ0n) is 15.4. The molecule has 1 rings (SSSR count). The van der Waals surface area contributed by atoms with Gasteiger partial charge < -0.3 is 9.47 Å². The molecule has 0 heterocycles. The summed E-state index contributed by atoms with van der Waals surface area (Å²) in [6.07, 6.45) is -0.235. The van der Waals surface area contributed by atoms with Crippen molar-refractivity contribution in [1.82, 2.24) is 4.72 Å². The fraction of sp³-hybridized carbons (Fsp3) is 0.500. The van der Waals surface area contributed by atoms with E-state index in [4.69, 9.17) is 4.74 Å². The summed E-state index contributed by atoms with van der Waals surface area (Å²) in [6, 6.07) is 4.84. The predicted molar refractivity (Wildman–Crippen MR) is 94.3 cm³/mol. The van der Waals surface area contributed by atoms with Crippen molar-refractivity contribution in [2.75, 3.05) is 13.7 Å². The molecular formula is C16H22N2O8S. The third-order valence-electron chi connectivity index (χ3n) is 3.25. The first kappa shape index (κ1) is 22.5. The van der Waals surface area contributed by atoms with Gasteiger partial charge in [-0.2, -0.15) is 0 Å². The van der Waals surface area contributed by atoms with Crippen molar-refractivity contribution < 1.29 is 32.4 Å². The van der Waals surface area contributed by atoms with Gasteiger partial charge in [0, 0.05) is 12.6 Å². The Labute approximate surface area is 157 Å². The lowest BCUT2D eigenvalue weighted by Crippen LogP contribution is -2.36. The number of nitrogens with one attached hydrogen (secondary N) is 1. The number of hydrogen-bond acceptors (Lipinski definition) is 8. The number of hydrogen-bond donors (Lipinski definition) is 1. The third-order valence-corrected chi connectivity index (χ3v) is 4.76. The second-order valence-corrected chi connectivity index (χ2v) is 8.26. The number of carbonyl (C=O) groups excluding carboxylic acids is 2. The molecule has 1 N–H and O–H groups in total. The number of rotatable bonds is 8. The molecule has 11 heteroatoms. The smallest absolute Gasteiger partial charge is 0.320 e. The Kier molecular flexibility index (Phi) is 7.43.